The molecule has 0 aromatic rings. The van der Waals surface area contributed by atoms with E-state index in [0.717, 1.165) is 18.4 Å². The van der Waals surface area contributed by atoms with Crippen molar-refractivity contribution in [2.75, 3.05) is 19.8 Å². The van der Waals surface area contributed by atoms with Crippen molar-refractivity contribution in [3.8, 4) is 0 Å². The Bertz CT molecular complexity index is 1790. The van der Waals surface area contributed by atoms with Crippen molar-refractivity contribution in [2.45, 2.75) is 216 Å². The van der Waals surface area contributed by atoms with E-state index in [1.54, 1.807) is 19.9 Å². The minimum Gasteiger partial charge on any atom is -0.394 e. The largest absolute Gasteiger partial charge is 0.394 e. The highest BCUT2D eigenvalue weighted by atomic mass is 16.7. The molecule has 3 saturated heterocycles. The van der Waals surface area contributed by atoms with Crippen molar-refractivity contribution >= 4 is 5.78 Å². The Morgan fingerprint density at radius 3 is 1.79 bits per heavy atom. The molecule has 0 spiro atoms. The SMILES string of the molecule is C[C@H](CC[C@@H](O[C@@H]1O[C@H](CO[C@@H]2O[C@H](CO)[C@@H](O)[C@H](O)[C@H]2O)[C@@H](O)[C@H](O)[C@H]1O)C(C)(C)O)C1CC[C@@]2(C)C3C(=O)C=C4C(CC[C@H](O[C@@H]5O[C@H](CO)[C@@H](O)[C@H](O)[C@H]5O)C4(C)C)[C@]3(C)[C@H](O)C[C@]12C. The number of hydrogen-bond acceptors (Lipinski definition) is 20. The lowest BCUT2D eigenvalue weighted by molar-refractivity contribution is -0.341. The van der Waals surface area contributed by atoms with E-state index >= 15 is 0 Å². The topological polar surface area (TPSA) is 335 Å². The van der Waals surface area contributed by atoms with Crippen LogP contribution in [0.15, 0.2) is 11.6 Å². The summed E-state index contributed by atoms with van der Waals surface area (Å²) >= 11 is 0. The Morgan fingerprint density at radius 2 is 1.22 bits per heavy atom. The summed E-state index contributed by atoms with van der Waals surface area (Å²) in [5, 5.41) is 138. The first-order chi connectivity index (χ1) is 31.6. The minimum atomic E-state index is -1.78. The molecule has 3 aliphatic heterocycles. The fraction of sp³-hybridized carbons (Fsp3) is 0.938. The number of carbonyl (C=O) groups excluding carboxylic acids is 1. The number of hydrogen-bond donors (Lipinski definition) is 13. The molecule has 13 N–H and O–H groups in total. The summed E-state index contributed by atoms with van der Waals surface area (Å²) in [5.41, 5.74) is -3.24. The van der Waals surface area contributed by atoms with E-state index in [1.807, 2.05) is 20.8 Å². The molecule has 7 rings (SSSR count). The van der Waals surface area contributed by atoms with Crippen molar-refractivity contribution < 1.29 is 99.6 Å². The third kappa shape index (κ3) is 9.10. The van der Waals surface area contributed by atoms with Gasteiger partial charge in [0.05, 0.1) is 43.7 Å². The normalized spacial score (nSPS) is 50.4. The molecule has 0 amide bonds. The van der Waals surface area contributed by atoms with Gasteiger partial charge in [0.1, 0.15) is 73.2 Å². The van der Waals surface area contributed by atoms with E-state index in [2.05, 4.69) is 20.8 Å². The average molecular weight is 977 g/mol. The van der Waals surface area contributed by atoms with E-state index in [4.69, 9.17) is 28.4 Å². The third-order valence-corrected chi connectivity index (χ3v) is 18.4. The van der Waals surface area contributed by atoms with Crippen LogP contribution in [-0.4, -0.2) is 208 Å². The first kappa shape index (κ1) is 54.4. The molecule has 20 nitrogen and oxygen atoms in total. The second kappa shape index (κ2) is 19.8. The van der Waals surface area contributed by atoms with E-state index in [9.17, 15) is 71.2 Å². The summed E-state index contributed by atoms with van der Waals surface area (Å²) in [5.74, 6) is -0.709. The van der Waals surface area contributed by atoms with Gasteiger partial charge in [-0.1, -0.05) is 47.1 Å². The molecule has 0 aromatic carbocycles. The molecule has 3 saturated carbocycles. The van der Waals surface area contributed by atoms with Gasteiger partial charge >= 0.3 is 0 Å². The van der Waals surface area contributed by atoms with Crippen LogP contribution >= 0.6 is 0 Å². The molecule has 7 aliphatic rings. The van der Waals surface area contributed by atoms with E-state index in [1.165, 1.54) is 0 Å². The van der Waals surface area contributed by atoms with Gasteiger partial charge in [-0.05, 0) is 93.5 Å². The Labute approximate surface area is 397 Å². The van der Waals surface area contributed by atoms with Gasteiger partial charge in [0.15, 0.2) is 24.7 Å². The fourth-order valence-corrected chi connectivity index (χ4v) is 14.0. The lowest BCUT2D eigenvalue weighted by Gasteiger charge is -2.66. The summed E-state index contributed by atoms with van der Waals surface area (Å²) in [7, 11) is 0. The lowest BCUT2D eigenvalue weighted by atomic mass is 9.38. The van der Waals surface area contributed by atoms with Gasteiger partial charge in [-0.25, -0.2) is 0 Å². The zero-order valence-corrected chi connectivity index (χ0v) is 40.5. The van der Waals surface area contributed by atoms with Crippen LogP contribution in [0, 0.1) is 45.3 Å². The number of allylic oxidation sites excluding steroid dienone is 1. The molecule has 20 heteroatoms. The molecule has 392 valence electrons. The summed E-state index contributed by atoms with van der Waals surface area (Å²) in [6.07, 6.45) is -20.0. The van der Waals surface area contributed by atoms with Gasteiger partial charge in [0, 0.05) is 16.7 Å². The maximum atomic E-state index is 14.8. The van der Waals surface area contributed by atoms with Crippen LogP contribution < -0.4 is 0 Å². The molecule has 6 fully saturated rings. The van der Waals surface area contributed by atoms with Crippen LogP contribution in [0.25, 0.3) is 0 Å². The van der Waals surface area contributed by atoms with Crippen LogP contribution in [0.3, 0.4) is 0 Å². The first-order valence-corrected chi connectivity index (χ1v) is 24.5. The summed E-state index contributed by atoms with van der Waals surface area (Å²) < 4.78 is 35.1. The highest BCUT2D eigenvalue weighted by Crippen LogP contribution is 2.74. The zero-order valence-electron chi connectivity index (χ0n) is 40.5. The first-order valence-electron chi connectivity index (χ1n) is 24.5. The molecule has 3 unspecified atom stereocenters. The van der Waals surface area contributed by atoms with Crippen molar-refractivity contribution in [1.82, 2.24) is 0 Å². The molecule has 0 aromatic heterocycles. The van der Waals surface area contributed by atoms with Gasteiger partial charge in [-0.2, -0.15) is 0 Å². The molecule has 3 heterocycles. The Balaban J connectivity index is 1.03. The standard InChI is InChI=1S/C48H80O20/c1-20(9-11-30(45(4,5)62)68-43-39(61)36(58)33(55)27(66-43)19-63-41-37(59)34(56)31(53)25(17-49)64-41)21-13-14-46(6)40-24(51)15-23-22(48(40,8)28(52)16-47(21,46)7)10-12-29(44(23,2)3)67-42-38(60)35(57)32(54)26(18-50)65-42/h15,20-22,25-43,49-50,52-62H,9-14,16-19H2,1-8H3/t20-,21?,22?,25-,26-,27-,28-,29+,30-,31-,32-,33-,34+,35+,36+,37-,38-,39-,40?,41-,42+,43+,46+,47-,48-/m1/s1. The third-order valence-electron chi connectivity index (χ3n) is 18.4. The molecule has 4 aliphatic carbocycles. The van der Waals surface area contributed by atoms with E-state index < -0.39 is 163 Å². The number of rotatable bonds is 14. The van der Waals surface area contributed by atoms with Gasteiger partial charge in [0.25, 0.3) is 0 Å². The van der Waals surface area contributed by atoms with Crippen LogP contribution in [0.1, 0.15) is 100 Å². The molecular formula is C48H80O20. The highest BCUT2D eigenvalue weighted by Gasteiger charge is 2.72. The van der Waals surface area contributed by atoms with Crippen LogP contribution in [0.5, 0.6) is 0 Å². The van der Waals surface area contributed by atoms with Gasteiger partial charge in [-0.15, -0.1) is 0 Å². The zero-order chi connectivity index (χ0) is 50.4. The highest BCUT2D eigenvalue weighted by molar-refractivity contribution is 5.95. The monoisotopic (exact) mass is 977 g/mol. The summed E-state index contributed by atoms with van der Waals surface area (Å²) in [6, 6.07) is 0. The lowest BCUT2D eigenvalue weighted by Crippen LogP contribution is -2.67. The predicted octanol–water partition coefficient (Wildman–Crippen LogP) is -1.88. The van der Waals surface area contributed by atoms with E-state index in [0.29, 0.717) is 25.7 Å². The van der Waals surface area contributed by atoms with Crippen molar-refractivity contribution in [1.29, 1.82) is 0 Å². The van der Waals surface area contributed by atoms with Crippen molar-refractivity contribution in [3.05, 3.63) is 11.6 Å². The number of carbonyl (C=O) groups is 1. The summed E-state index contributed by atoms with van der Waals surface area (Å²) in [6.45, 7) is 13.7. The number of aliphatic hydroxyl groups excluding tert-OH is 12. The predicted molar refractivity (Wildman–Crippen MR) is 235 cm³/mol. The smallest absolute Gasteiger partial charge is 0.187 e. The number of ketones is 1. The van der Waals surface area contributed by atoms with Crippen LogP contribution in [-0.2, 0) is 33.2 Å². The quantitative estimate of drug-likeness (QED) is 0.0906. The molecule has 68 heavy (non-hydrogen) atoms. The molecule has 25 atom stereocenters. The van der Waals surface area contributed by atoms with Crippen molar-refractivity contribution in [2.24, 2.45) is 45.3 Å². The van der Waals surface area contributed by atoms with Gasteiger partial charge < -0.3 is 94.8 Å². The fourth-order valence-electron chi connectivity index (χ4n) is 14.0. The van der Waals surface area contributed by atoms with Gasteiger partial charge in [-0.3, -0.25) is 4.79 Å². The van der Waals surface area contributed by atoms with E-state index in [-0.39, 0.29) is 30.0 Å². The minimum absolute atomic E-state index is 0.00476. The van der Waals surface area contributed by atoms with Gasteiger partial charge in [0.2, 0.25) is 0 Å². The Hall–Kier alpha value is -1.35. The summed E-state index contributed by atoms with van der Waals surface area (Å²) in [4.78, 5) is 14.8. The van der Waals surface area contributed by atoms with Crippen LogP contribution in [0.2, 0.25) is 0 Å². The Morgan fingerprint density at radius 1 is 0.691 bits per heavy atom. The second-order valence-corrected chi connectivity index (χ2v) is 23.1. The molecular weight excluding hydrogens is 897 g/mol. The number of fused-ring (bicyclic) bond motifs is 5. The average Bonchev–Trinajstić information content (AvgIpc) is 3.54. The molecule has 0 radical (unpaired) electrons. The Kier molecular flexibility index (Phi) is 15.9. The number of aliphatic hydroxyl groups is 13. The maximum Gasteiger partial charge on any atom is 0.187 e. The molecule has 0 bridgehead atoms. The number of ether oxygens (including phenoxy) is 6. The van der Waals surface area contributed by atoms with Crippen molar-refractivity contribution in [3.63, 3.8) is 0 Å². The second-order valence-electron chi connectivity index (χ2n) is 23.1. The van der Waals surface area contributed by atoms with Crippen LogP contribution in [0.4, 0.5) is 0 Å². The maximum absolute atomic E-state index is 14.8.